The number of quaternary nitrogens is 1. The second kappa shape index (κ2) is 1.74. The van der Waals surface area contributed by atoms with Gasteiger partial charge in [-0.1, -0.05) is 0 Å². The van der Waals surface area contributed by atoms with Crippen molar-refractivity contribution in [3.05, 3.63) is 0 Å². The van der Waals surface area contributed by atoms with E-state index in [4.69, 9.17) is 4.74 Å². The van der Waals surface area contributed by atoms with E-state index in [2.05, 4.69) is 5.73 Å². The first kappa shape index (κ1) is 5.56. The summed E-state index contributed by atoms with van der Waals surface area (Å²) < 4.78 is 4.77. The zero-order valence-corrected chi connectivity index (χ0v) is 4.89. The molecule has 0 aromatic heterocycles. The second-order valence-electron chi connectivity index (χ2n) is 2.18. The molecule has 1 aliphatic heterocycles. The topological polar surface area (TPSA) is 53.9 Å². The summed E-state index contributed by atoms with van der Waals surface area (Å²) in [6.45, 7) is 1.88. The lowest BCUT2D eigenvalue weighted by molar-refractivity contribution is -0.402. The average Bonchev–Trinajstić information content (AvgIpc) is 1.85. The van der Waals surface area contributed by atoms with Gasteiger partial charge >= 0.3 is 5.97 Å². The summed E-state index contributed by atoms with van der Waals surface area (Å²) >= 11 is 0. The molecule has 46 valence electrons. The van der Waals surface area contributed by atoms with Crippen LogP contribution in [0.4, 0.5) is 0 Å². The van der Waals surface area contributed by atoms with Crippen LogP contribution in [0.5, 0.6) is 0 Å². The first-order valence-electron chi connectivity index (χ1n) is 2.73. The Morgan fingerprint density at radius 3 is 2.62 bits per heavy atom. The summed E-state index contributed by atoms with van der Waals surface area (Å²) in [7, 11) is 0. The maximum atomic E-state index is 10.5. The molecule has 0 amide bonds. The number of hydrogen-bond donors (Lipinski definition) is 1. The van der Waals surface area contributed by atoms with Gasteiger partial charge in [0.2, 0.25) is 0 Å². The number of ether oxygens (including phenoxy) is 1. The lowest BCUT2D eigenvalue weighted by Gasteiger charge is -1.94. The number of rotatable bonds is 0. The highest BCUT2D eigenvalue weighted by Crippen LogP contribution is 2.09. The van der Waals surface area contributed by atoms with Crippen LogP contribution < -0.4 is 5.73 Å². The monoisotopic (exact) mass is 116 g/mol. The van der Waals surface area contributed by atoms with E-state index in [0.29, 0.717) is 0 Å². The fourth-order valence-corrected chi connectivity index (χ4v) is 0.840. The molecule has 0 aromatic rings. The highest BCUT2D eigenvalue weighted by atomic mass is 16.6. The molecular weight excluding hydrogens is 106 g/mol. The van der Waals surface area contributed by atoms with Crippen molar-refractivity contribution >= 4 is 5.97 Å². The number of esters is 1. The number of carbonyl (C=O) groups is 1. The van der Waals surface area contributed by atoms with Crippen molar-refractivity contribution in [3.8, 4) is 0 Å². The van der Waals surface area contributed by atoms with Crippen LogP contribution in [-0.2, 0) is 9.53 Å². The van der Waals surface area contributed by atoms with E-state index in [-0.39, 0.29) is 18.1 Å². The molecule has 1 rings (SSSR count). The highest BCUT2D eigenvalue weighted by molar-refractivity contribution is 5.76. The summed E-state index contributed by atoms with van der Waals surface area (Å²) in [6, 6.07) is -0.120. The normalized spacial score (nSPS) is 37.5. The Hall–Kier alpha value is -0.570. The van der Waals surface area contributed by atoms with Gasteiger partial charge in [0.25, 0.3) is 0 Å². The molecule has 2 atom stereocenters. The Morgan fingerprint density at radius 1 is 1.88 bits per heavy atom. The molecule has 0 radical (unpaired) electrons. The summed E-state index contributed by atoms with van der Waals surface area (Å²) in [5, 5.41) is 0. The molecule has 0 unspecified atom stereocenters. The van der Waals surface area contributed by atoms with Gasteiger partial charge in [-0.25, -0.2) is 4.79 Å². The van der Waals surface area contributed by atoms with E-state index < -0.39 is 0 Å². The Bertz CT molecular complexity index is 113. The summed E-state index contributed by atoms with van der Waals surface area (Å²) in [5.74, 6) is -0.155. The Morgan fingerprint density at radius 2 is 2.50 bits per heavy atom. The molecule has 1 aliphatic rings. The minimum absolute atomic E-state index is 0.0880. The van der Waals surface area contributed by atoms with Gasteiger partial charge in [0.15, 0.2) is 6.04 Å². The van der Waals surface area contributed by atoms with Gasteiger partial charge in [-0.15, -0.1) is 0 Å². The predicted molar refractivity (Wildman–Crippen MR) is 26.8 cm³/mol. The maximum absolute atomic E-state index is 10.5. The van der Waals surface area contributed by atoms with Crippen molar-refractivity contribution < 1.29 is 15.3 Å². The zero-order valence-electron chi connectivity index (χ0n) is 4.89. The molecule has 3 heteroatoms. The molecule has 3 nitrogen and oxygen atoms in total. The molecule has 0 saturated carbocycles. The maximum Gasteiger partial charge on any atom is 0.365 e. The third-order valence-corrected chi connectivity index (χ3v) is 1.27. The number of carbonyl (C=O) groups excluding carboxylic acids is 1. The minimum atomic E-state index is -0.155. The van der Waals surface area contributed by atoms with E-state index in [1.807, 2.05) is 6.92 Å². The van der Waals surface area contributed by atoms with Crippen LogP contribution in [0, 0.1) is 0 Å². The van der Waals surface area contributed by atoms with Gasteiger partial charge in [0.05, 0.1) is 0 Å². The van der Waals surface area contributed by atoms with Crippen molar-refractivity contribution in [2.75, 3.05) is 0 Å². The summed E-state index contributed by atoms with van der Waals surface area (Å²) in [5.41, 5.74) is 3.59. The largest absolute Gasteiger partial charge is 0.458 e. The van der Waals surface area contributed by atoms with Crippen LogP contribution in [0.3, 0.4) is 0 Å². The molecule has 1 fully saturated rings. The minimum Gasteiger partial charge on any atom is -0.458 e. The van der Waals surface area contributed by atoms with Crippen LogP contribution in [0.15, 0.2) is 0 Å². The lowest BCUT2D eigenvalue weighted by Crippen LogP contribution is -2.63. The zero-order chi connectivity index (χ0) is 6.15. The Balaban J connectivity index is 2.51. The van der Waals surface area contributed by atoms with E-state index in [1.54, 1.807) is 0 Å². The van der Waals surface area contributed by atoms with E-state index in [9.17, 15) is 4.79 Å². The highest BCUT2D eigenvalue weighted by Gasteiger charge is 2.31. The van der Waals surface area contributed by atoms with Gasteiger partial charge in [-0.2, -0.15) is 0 Å². The number of hydrogen-bond acceptors (Lipinski definition) is 2. The molecule has 0 aromatic carbocycles. The third kappa shape index (κ3) is 0.816. The SMILES string of the molecule is C[C@H]1C[C@@H]([NH3+])C(=O)O1. The van der Waals surface area contributed by atoms with Gasteiger partial charge in [0, 0.05) is 6.42 Å². The quantitative estimate of drug-likeness (QED) is 0.410. The van der Waals surface area contributed by atoms with Crippen LogP contribution >= 0.6 is 0 Å². The third-order valence-electron chi connectivity index (χ3n) is 1.27. The van der Waals surface area contributed by atoms with Crippen LogP contribution in [-0.4, -0.2) is 18.1 Å². The molecule has 1 saturated heterocycles. The van der Waals surface area contributed by atoms with Crippen molar-refractivity contribution in [3.63, 3.8) is 0 Å². The van der Waals surface area contributed by atoms with Crippen LogP contribution in [0.2, 0.25) is 0 Å². The molecular formula is C5H10NO2+. The van der Waals surface area contributed by atoms with Crippen molar-refractivity contribution in [1.82, 2.24) is 0 Å². The predicted octanol–water partition coefficient (Wildman–Crippen LogP) is -1.07. The van der Waals surface area contributed by atoms with Crippen LogP contribution in [0.1, 0.15) is 13.3 Å². The molecule has 0 aliphatic carbocycles. The molecule has 1 heterocycles. The van der Waals surface area contributed by atoms with Crippen molar-refractivity contribution in [2.45, 2.75) is 25.5 Å². The molecule has 3 N–H and O–H groups in total. The Labute approximate surface area is 47.8 Å². The van der Waals surface area contributed by atoms with Gasteiger partial charge < -0.3 is 10.5 Å². The lowest BCUT2D eigenvalue weighted by atomic mass is 10.2. The molecule has 8 heavy (non-hydrogen) atoms. The van der Waals surface area contributed by atoms with Crippen LogP contribution in [0.25, 0.3) is 0 Å². The second-order valence-corrected chi connectivity index (χ2v) is 2.18. The standard InChI is InChI=1S/C5H9NO2/c1-3-2-4(6)5(7)8-3/h3-4H,2,6H2,1H3/p+1/t3-,4+/m0/s1. The number of cyclic esters (lactones) is 1. The fraction of sp³-hybridized carbons (Fsp3) is 0.800. The van der Waals surface area contributed by atoms with Gasteiger partial charge in [-0.3, -0.25) is 0 Å². The van der Waals surface area contributed by atoms with E-state index in [1.165, 1.54) is 0 Å². The van der Waals surface area contributed by atoms with Gasteiger partial charge in [-0.05, 0) is 6.92 Å². The summed E-state index contributed by atoms with van der Waals surface area (Å²) in [6.07, 6.45) is 0.865. The van der Waals surface area contributed by atoms with Gasteiger partial charge in [0.1, 0.15) is 6.10 Å². The van der Waals surface area contributed by atoms with Crippen molar-refractivity contribution in [1.29, 1.82) is 0 Å². The van der Waals surface area contributed by atoms with E-state index in [0.717, 1.165) is 6.42 Å². The van der Waals surface area contributed by atoms with E-state index >= 15 is 0 Å². The Kier molecular flexibility index (Phi) is 1.21. The summed E-state index contributed by atoms with van der Waals surface area (Å²) in [4.78, 5) is 10.5. The first-order chi connectivity index (χ1) is 3.70. The smallest absolute Gasteiger partial charge is 0.365 e. The van der Waals surface area contributed by atoms with Crippen molar-refractivity contribution in [2.24, 2.45) is 0 Å². The molecule has 0 bridgehead atoms. The average molecular weight is 116 g/mol. The fourth-order valence-electron chi connectivity index (χ4n) is 0.840. The first-order valence-corrected chi connectivity index (χ1v) is 2.73. The molecule has 0 spiro atoms.